The maximum Gasteiger partial charge on any atom is 0.130 e. The number of hydrogen-bond donors (Lipinski definition) is 2. The van der Waals surface area contributed by atoms with Gasteiger partial charge in [-0.15, -0.1) is 0 Å². The second kappa shape index (κ2) is 11.5. The maximum absolute atomic E-state index is 10.5. The summed E-state index contributed by atoms with van der Waals surface area (Å²) in [6.07, 6.45) is 6.39. The number of methoxy groups -OCH3 is 1. The highest BCUT2D eigenvalue weighted by atomic mass is 32.1. The first kappa shape index (κ1) is 27.6. The van der Waals surface area contributed by atoms with Gasteiger partial charge in [-0.1, -0.05) is 38.7 Å². The zero-order valence-electron chi connectivity index (χ0n) is 22.1. The van der Waals surface area contributed by atoms with Crippen molar-refractivity contribution in [3.8, 4) is 0 Å². The zero-order chi connectivity index (χ0) is 26.0. The Hall–Kier alpha value is -1.48. The summed E-state index contributed by atoms with van der Waals surface area (Å²) in [4.78, 5) is 0. The summed E-state index contributed by atoms with van der Waals surface area (Å²) in [5, 5.41) is 24.7. The molecule has 1 aliphatic carbocycles. The van der Waals surface area contributed by atoms with Crippen molar-refractivity contribution in [2.45, 2.75) is 83.3 Å². The van der Waals surface area contributed by atoms with Crippen molar-refractivity contribution in [3.05, 3.63) is 58.5 Å². The molecule has 2 bridgehead atoms. The topological polar surface area (TPSA) is 77.4 Å². The molecule has 1 saturated heterocycles. The fourth-order valence-electron chi connectivity index (χ4n) is 6.19. The average Bonchev–Trinajstić information content (AvgIpc) is 3.48. The summed E-state index contributed by atoms with van der Waals surface area (Å²) < 4.78 is 25.5. The summed E-state index contributed by atoms with van der Waals surface area (Å²) >= 11 is 1.65. The van der Waals surface area contributed by atoms with E-state index >= 15 is 0 Å². The molecule has 1 fully saturated rings. The third-order valence-corrected chi connectivity index (χ3v) is 9.00. The van der Waals surface area contributed by atoms with Crippen LogP contribution in [0.25, 0.3) is 0 Å². The highest BCUT2D eigenvalue weighted by Crippen LogP contribution is 2.53. The lowest BCUT2D eigenvalue weighted by molar-refractivity contribution is -0.138. The van der Waals surface area contributed by atoms with Crippen LogP contribution in [0.1, 0.15) is 46.1 Å². The van der Waals surface area contributed by atoms with Gasteiger partial charge in [-0.3, -0.25) is 0 Å². The molecule has 3 heterocycles. The molecule has 200 valence electrons. The van der Waals surface area contributed by atoms with Crippen LogP contribution in [0, 0.1) is 23.7 Å². The zero-order valence-corrected chi connectivity index (χ0v) is 22.9. The largest absolute Gasteiger partial charge is 0.489 e. The summed E-state index contributed by atoms with van der Waals surface area (Å²) in [5.74, 6) is 0.657. The van der Waals surface area contributed by atoms with Gasteiger partial charge in [0.2, 0.25) is 0 Å². The quantitative estimate of drug-likeness (QED) is 0.478. The van der Waals surface area contributed by atoms with E-state index in [1.54, 1.807) is 25.4 Å². The van der Waals surface area contributed by atoms with Gasteiger partial charge in [-0.2, -0.15) is 11.3 Å². The fourth-order valence-corrected chi connectivity index (χ4v) is 6.84. The standard InChI is InChI=1S/C29H42O6S/c1-17-11-19(3)29-13-23(7-8-24(29)12-25(32-6)21(5)34-26(17)20(4)31)28(35-29)27(18(2)14-30)33-15-22-9-10-36-16-22/h7-11,16-18,20,23-28,30-31H,5,12-15H2,1-4,6H3/b19-11+/t17-,18-,20-,23-,24-,25+,26+,27-,28-,29+/m1/s1. The summed E-state index contributed by atoms with van der Waals surface area (Å²) in [6, 6.07) is 2.07. The Balaban J connectivity index is 1.69. The van der Waals surface area contributed by atoms with Gasteiger partial charge in [-0.05, 0) is 54.7 Å². The van der Waals surface area contributed by atoms with E-state index in [9.17, 15) is 10.2 Å². The van der Waals surface area contributed by atoms with Crippen molar-refractivity contribution in [1.29, 1.82) is 0 Å². The predicted octanol–water partition coefficient (Wildman–Crippen LogP) is 4.87. The highest BCUT2D eigenvalue weighted by molar-refractivity contribution is 7.07. The van der Waals surface area contributed by atoms with Gasteiger partial charge in [0.1, 0.15) is 18.0 Å². The molecule has 1 spiro atoms. The van der Waals surface area contributed by atoms with E-state index in [4.69, 9.17) is 18.9 Å². The molecular weight excluding hydrogens is 476 g/mol. The van der Waals surface area contributed by atoms with Crippen molar-refractivity contribution in [1.82, 2.24) is 0 Å². The van der Waals surface area contributed by atoms with E-state index in [0.717, 1.165) is 17.6 Å². The summed E-state index contributed by atoms with van der Waals surface area (Å²) in [5.41, 5.74) is 1.76. The number of rotatable bonds is 8. The van der Waals surface area contributed by atoms with E-state index in [2.05, 4.69) is 50.1 Å². The Morgan fingerprint density at radius 1 is 1.28 bits per heavy atom. The predicted molar refractivity (Wildman–Crippen MR) is 142 cm³/mol. The molecule has 0 aromatic carbocycles. The molecular formula is C29H42O6S. The molecule has 4 rings (SSSR count). The van der Waals surface area contributed by atoms with Crippen molar-refractivity contribution < 1.29 is 29.2 Å². The van der Waals surface area contributed by atoms with Crippen molar-refractivity contribution >= 4 is 11.3 Å². The first-order chi connectivity index (χ1) is 17.2. The van der Waals surface area contributed by atoms with Crippen LogP contribution in [0.15, 0.2) is 53.0 Å². The Bertz CT molecular complexity index is 940. The Labute approximate surface area is 219 Å². The van der Waals surface area contributed by atoms with Gasteiger partial charge >= 0.3 is 0 Å². The van der Waals surface area contributed by atoms with Crippen molar-refractivity contribution in [2.75, 3.05) is 13.7 Å². The van der Waals surface area contributed by atoms with Crippen LogP contribution in [0.2, 0.25) is 0 Å². The minimum absolute atomic E-state index is 0.0336. The molecule has 2 aliphatic heterocycles. The summed E-state index contributed by atoms with van der Waals surface area (Å²) in [7, 11) is 1.67. The summed E-state index contributed by atoms with van der Waals surface area (Å²) in [6.45, 7) is 12.7. The van der Waals surface area contributed by atoms with E-state index in [1.165, 1.54) is 0 Å². The van der Waals surface area contributed by atoms with Gasteiger partial charge in [0.05, 0.1) is 30.5 Å². The van der Waals surface area contributed by atoms with Crippen LogP contribution in [-0.2, 0) is 25.6 Å². The first-order valence-corrected chi connectivity index (χ1v) is 14.0. The molecule has 36 heavy (non-hydrogen) atoms. The third kappa shape index (κ3) is 5.38. The van der Waals surface area contributed by atoms with Gasteiger partial charge in [0, 0.05) is 37.4 Å². The number of fused-ring (bicyclic) bond motifs is 1. The SMILES string of the molecule is C=C1O[C@H]([C@@H](C)O)[C@H](C)/C=C(\C)[C@@]23C[C@@H](C=C[C@@H]2C[C@@H]1OC)[C@H]([C@H](OCc1ccsc1)[C@H](C)CO)O3. The lowest BCUT2D eigenvalue weighted by Gasteiger charge is -2.42. The maximum atomic E-state index is 10.5. The lowest BCUT2D eigenvalue weighted by Crippen LogP contribution is -2.45. The van der Waals surface area contributed by atoms with Crippen LogP contribution >= 0.6 is 11.3 Å². The number of aliphatic hydroxyl groups excluding tert-OH is 2. The second-order valence-corrected chi connectivity index (χ2v) is 11.6. The Morgan fingerprint density at radius 3 is 2.69 bits per heavy atom. The number of aliphatic hydroxyl groups is 2. The van der Waals surface area contributed by atoms with E-state index < -0.39 is 17.8 Å². The van der Waals surface area contributed by atoms with Crippen molar-refractivity contribution in [3.63, 3.8) is 0 Å². The first-order valence-electron chi connectivity index (χ1n) is 13.0. The lowest BCUT2D eigenvalue weighted by atomic mass is 9.69. The molecule has 7 heteroatoms. The Morgan fingerprint density at radius 2 is 2.06 bits per heavy atom. The van der Waals surface area contributed by atoms with Gasteiger partial charge in [-0.25, -0.2) is 0 Å². The molecule has 1 aromatic rings. The number of hydrogen-bond acceptors (Lipinski definition) is 7. The molecule has 2 N–H and O–H groups in total. The normalized spacial score (nSPS) is 38.4. The second-order valence-electron chi connectivity index (χ2n) is 10.9. The smallest absolute Gasteiger partial charge is 0.130 e. The third-order valence-electron chi connectivity index (χ3n) is 8.27. The highest BCUT2D eigenvalue weighted by Gasteiger charge is 2.56. The van der Waals surface area contributed by atoms with Gasteiger partial charge < -0.3 is 29.2 Å². The van der Waals surface area contributed by atoms with Crippen LogP contribution in [0.5, 0.6) is 0 Å². The van der Waals surface area contributed by atoms with Gasteiger partial charge in [0.15, 0.2) is 0 Å². The van der Waals surface area contributed by atoms with E-state index in [0.29, 0.717) is 18.8 Å². The van der Waals surface area contributed by atoms with Crippen LogP contribution in [-0.4, -0.2) is 60.1 Å². The van der Waals surface area contributed by atoms with E-state index in [-0.39, 0.29) is 48.6 Å². The van der Waals surface area contributed by atoms with E-state index in [1.807, 2.05) is 12.3 Å². The molecule has 1 aromatic heterocycles. The fraction of sp³-hybridized carbons (Fsp3) is 0.655. The number of thiophene rings is 1. The molecule has 0 unspecified atom stereocenters. The molecule has 0 amide bonds. The minimum Gasteiger partial charge on any atom is -0.489 e. The molecule has 0 radical (unpaired) electrons. The van der Waals surface area contributed by atoms with Crippen LogP contribution < -0.4 is 0 Å². The number of ether oxygens (including phenoxy) is 4. The Kier molecular flexibility index (Phi) is 8.80. The molecule has 10 atom stereocenters. The monoisotopic (exact) mass is 518 g/mol. The molecule has 6 nitrogen and oxygen atoms in total. The molecule has 3 aliphatic rings. The molecule has 0 saturated carbocycles. The average molecular weight is 519 g/mol. The van der Waals surface area contributed by atoms with Gasteiger partial charge in [0.25, 0.3) is 0 Å². The minimum atomic E-state index is -0.664. The van der Waals surface area contributed by atoms with Crippen LogP contribution in [0.3, 0.4) is 0 Å². The van der Waals surface area contributed by atoms with Crippen LogP contribution in [0.4, 0.5) is 0 Å². The van der Waals surface area contributed by atoms with Crippen molar-refractivity contribution in [2.24, 2.45) is 23.7 Å².